The first kappa shape index (κ1) is 12.7. The quantitative estimate of drug-likeness (QED) is 0.896. The Morgan fingerprint density at radius 3 is 2.50 bits per heavy atom. The van der Waals surface area contributed by atoms with E-state index in [0.29, 0.717) is 5.52 Å². The predicted molar refractivity (Wildman–Crippen MR) is 76.3 cm³/mol. The lowest BCUT2D eigenvalue weighted by molar-refractivity contribution is 0.480. The van der Waals surface area contributed by atoms with E-state index in [0.717, 1.165) is 30.6 Å². The van der Waals surface area contributed by atoms with Gasteiger partial charge in [0, 0.05) is 18.5 Å². The number of nitrogens with zero attached hydrogens (tertiary/aromatic N) is 2. The summed E-state index contributed by atoms with van der Waals surface area (Å²) in [7, 11) is 0. The lowest BCUT2D eigenvalue weighted by atomic mass is 10.1. The van der Waals surface area contributed by atoms with E-state index in [1.807, 2.05) is 12.1 Å². The first-order valence-electron chi connectivity index (χ1n) is 6.57. The van der Waals surface area contributed by atoms with Crippen LogP contribution < -0.4 is 4.90 Å². The number of fused-ring (bicyclic) bond motifs is 1. The lowest BCUT2D eigenvalue weighted by Crippen LogP contribution is -2.23. The van der Waals surface area contributed by atoms with E-state index >= 15 is 0 Å². The van der Waals surface area contributed by atoms with Crippen molar-refractivity contribution in [2.45, 2.75) is 27.2 Å². The minimum Gasteiger partial charge on any atom is -0.506 e. The molecule has 0 saturated carbocycles. The van der Waals surface area contributed by atoms with E-state index in [2.05, 4.69) is 36.7 Å². The van der Waals surface area contributed by atoms with Gasteiger partial charge in [0.05, 0.1) is 11.4 Å². The summed E-state index contributed by atoms with van der Waals surface area (Å²) in [6.45, 7) is 8.33. The number of phenols is 1. The van der Waals surface area contributed by atoms with Crippen LogP contribution in [0.3, 0.4) is 0 Å². The van der Waals surface area contributed by atoms with Gasteiger partial charge in [-0.15, -0.1) is 0 Å². The fourth-order valence-electron chi connectivity index (χ4n) is 2.31. The molecule has 0 unspecified atom stereocenters. The number of aryl methyl sites for hydroxylation is 1. The van der Waals surface area contributed by atoms with Crippen molar-refractivity contribution < 1.29 is 5.11 Å². The summed E-state index contributed by atoms with van der Waals surface area (Å²) in [5.41, 5.74) is 2.93. The molecule has 96 valence electrons. The summed E-state index contributed by atoms with van der Waals surface area (Å²) in [5, 5.41) is 10.9. The van der Waals surface area contributed by atoms with Crippen LogP contribution in [0.15, 0.2) is 24.3 Å². The SMILES string of the molecule is CCc1nc2c(O)cccc2cc1N(CC)CC. The fourth-order valence-corrected chi connectivity index (χ4v) is 2.31. The molecule has 0 radical (unpaired) electrons. The Kier molecular flexibility index (Phi) is 3.70. The molecule has 0 amide bonds. The van der Waals surface area contributed by atoms with Gasteiger partial charge in [-0.05, 0) is 32.4 Å². The molecule has 2 rings (SSSR count). The fraction of sp³-hybridized carbons (Fsp3) is 0.400. The van der Waals surface area contributed by atoms with Crippen molar-refractivity contribution >= 4 is 16.6 Å². The van der Waals surface area contributed by atoms with Crippen LogP contribution in [0.1, 0.15) is 26.5 Å². The van der Waals surface area contributed by atoms with E-state index in [1.165, 1.54) is 5.69 Å². The average molecular weight is 244 g/mol. The largest absolute Gasteiger partial charge is 0.506 e. The molecule has 1 heterocycles. The molecule has 18 heavy (non-hydrogen) atoms. The van der Waals surface area contributed by atoms with Gasteiger partial charge in [0.25, 0.3) is 0 Å². The highest BCUT2D eigenvalue weighted by atomic mass is 16.3. The molecule has 1 N–H and O–H groups in total. The standard InChI is InChI=1S/C15H20N2O/c1-4-12-13(17(5-2)6-3)10-11-8-7-9-14(18)15(11)16-12/h7-10,18H,4-6H2,1-3H3. The Morgan fingerprint density at radius 1 is 1.17 bits per heavy atom. The first-order chi connectivity index (χ1) is 8.71. The van der Waals surface area contributed by atoms with Gasteiger partial charge in [-0.25, -0.2) is 4.98 Å². The third kappa shape index (κ3) is 2.13. The Hall–Kier alpha value is -1.77. The second kappa shape index (κ2) is 5.25. The third-order valence-corrected chi connectivity index (χ3v) is 3.32. The number of pyridine rings is 1. The van der Waals surface area contributed by atoms with Gasteiger partial charge in [0.1, 0.15) is 11.3 Å². The van der Waals surface area contributed by atoms with Gasteiger partial charge in [-0.2, -0.15) is 0 Å². The Labute approximate surface area is 108 Å². The van der Waals surface area contributed by atoms with Crippen molar-refractivity contribution in [3.8, 4) is 5.75 Å². The molecular weight excluding hydrogens is 224 g/mol. The van der Waals surface area contributed by atoms with Crippen LogP contribution in [0.5, 0.6) is 5.75 Å². The number of hydrogen-bond donors (Lipinski definition) is 1. The van der Waals surface area contributed by atoms with Crippen LogP contribution in [-0.2, 0) is 6.42 Å². The molecule has 3 nitrogen and oxygen atoms in total. The van der Waals surface area contributed by atoms with E-state index in [9.17, 15) is 5.11 Å². The summed E-state index contributed by atoms with van der Waals surface area (Å²) in [5.74, 6) is 0.258. The molecule has 0 fully saturated rings. The molecule has 0 saturated heterocycles. The number of hydrogen-bond acceptors (Lipinski definition) is 3. The van der Waals surface area contributed by atoms with Crippen molar-refractivity contribution in [3.63, 3.8) is 0 Å². The van der Waals surface area contributed by atoms with E-state index in [1.54, 1.807) is 6.07 Å². The van der Waals surface area contributed by atoms with Crippen molar-refractivity contribution in [1.29, 1.82) is 0 Å². The molecular formula is C15H20N2O. The van der Waals surface area contributed by atoms with Crippen LogP contribution in [0.4, 0.5) is 5.69 Å². The molecule has 1 aromatic heterocycles. The first-order valence-corrected chi connectivity index (χ1v) is 6.57. The monoisotopic (exact) mass is 244 g/mol. The van der Waals surface area contributed by atoms with Crippen molar-refractivity contribution in [1.82, 2.24) is 4.98 Å². The number of aromatic hydroxyl groups is 1. The molecule has 0 aliphatic carbocycles. The molecule has 3 heteroatoms. The van der Waals surface area contributed by atoms with Gasteiger partial charge in [0.15, 0.2) is 0 Å². The minimum atomic E-state index is 0.258. The van der Waals surface area contributed by atoms with Crippen LogP contribution in [-0.4, -0.2) is 23.2 Å². The molecule has 0 aliphatic heterocycles. The number of rotatable bonds is 4. The topological polar surface area (TPSA) is 36.4 Å². The van der Waals surface area contributed by atoms with Crippen LogP contribution >= 0.6 is 0 Å². The maximum absolute atomic E-state index is 9.86. The number of aromatic nitrogens is 1. The molecule has 0 aliphatic rings. The highest BCUT2D eigenvalue weighted by molar-refractivity contribution is 5.87. The molecule has 0 atom stereocenters. The molecule has 1 aromatic carbocycles. The van der Waals surface area contributed by atoms with Crippen molar-refractivity contribution in [3.05, 3.63) is 30.0 Å². The number of phenolic OH excluding ortho intramolecular Hbond substituents is 1. The lowest BCUT2D eigenvalue weighted by Gasteiger charge is -2.23. The van der Waals surface area contributed by atoms with Crippen molar-refractivity contribution in [2.75, 3.05) is 18.0 Å². The second-order valence-electron chi connectivity index (χ2n) is 4.33. The van der Waals surface area contributed by atoms with Crippen LogP contribution in [0.2, 0.25) is 0 Å². The van der Waals surface area contributed by atoms with Gasteiger partial charge in [-0.1, -0.05) is 19.1 Å². The predicted octanol–water partition coefficient (Wildman–Crippen LogP) is 3.35. The molecule has 2 aromatic rings. The smallest absolute Gasteiger partial charge is 0.141 e. The molecule has 0 bridgehead atoms. The zero-order valence-electron chi connectivity index (χ0n) is 11.3. The Balaban J connectivity index is 2.66. The molecule has 0 spiro atoms. The van der Waals surface area contributed by atoms with Crippen LogP contribution in [0.25, 0.3) is 10.9 Å². The highest BCUT2D eigenvalue weighted by Crippen LogP contribution is 2.29. The van der Waals surface area contributed by atoms with Crippen molar-refractivity contribution in [2.24, 2.45) is 0 Å². The Morgan fingerprint density at radius 2 is 1.89 bits per heavy atom. The third-order valence-electron chi connectivity index (χ3n) is 3.32. The Bertz CT molecular complexity index is 547. The maximum Gasteiger partial charge on any atom is 0.141 e. The summed E-state index contributed by atoms with van der Waals surface area (Å²) < 4.78 is 0. The number of para-hydroxylation sites is 1. The van der Waals surface area contributed by atoms with Crippen LogP contribution in [0, 0.1) is 0 Å². The maximum atomic E-state index is 9.86. The van der Waals surface area contributed by atoms with Gasteiger partial charge in [-0.3, -0.25) is 0 Å². The summed E-state index contributed by atoms with van der Waals surface area (Å²) >= 11 is 0. The summed E-state index contributed by atoms with van der Waals surface area (Å²) in [4.78, 5) is 6.92. The zero-order valence-corrected chi connectivity index (χ0v) is 11.3. The number of benzene rings is 1. The van der Waals surface area contributed by atoms with Gasteiger partial charge < -0.3 is 10.0 Å². The van der Waals surface area contributed by atoms with E-state index < -0.39 is 0 Å². The average Bonchev–Trinajstić information content (AvgIpc) is 2.40. The summed E-state index contributed by atoms with van der Waals surface area (Å²) in [6.07, 6.45) is 0.871. The zero-order chi connectivity index (χ0) is 13.1. The normalized spacial score (nSPS) is 10.8. The van der Waals surface area contributed by atoms with Gasteiger partial charge in [0.2, 0.25) is 0 Å². The number of anilines is 1. The van der Waals surface area contributed by atoms with E-state index in [4.69, 9.17) is 0 Å². The van der Waals surface area contributed by atoms with Gasteiger partial charge >= 0.3 is 0 Å². The minimum absolute atomic E-state index is 0.258. The summed E-state index contributed by atoms with van der Waals surface area (Å²) in [6, 6.07) is 7.67. The highest BCUT2D eigenvalue weighted by Gasteiger charge is 2.11. The second-order valence-corrected chi connectivity index (χ2v) is 4.33. The van der Waals surface area contributed by atoms with E-state index in [-0.39, 0.29) is 5.75 Å².